The largest absolute Gasteiger partial charge is 0.478 e. The Bertz CT molecular complexity index is 340. The van der Waals surface area contributed by atoms with Gasteiger partial charge in [-0.2, -0.15) is 0 Å². The molecule has 0 spiro atoms. The molecule has 13 heavy (non-hydrogen) atoms. The molecule has 0 unspecified atom stereocenters. The van der Waals surface area contributed by atoms with Gasteiger partial charge in [0.15, 0.2) is 0 Å². The minimum Gasteiger partial charge on any atom is -0.478 e. The Morgan fingerprint density at radius 3 is 2.23 bits per heavy atom. The lowest BCUT2D eigenvalue weighted by Gasteiger charge is -2.02. The lowest BCUT2D eigenvalue weighted by molar-refractivity contribution is -0.130. The van der Waals surface area contributed by atoms with E-state index in [9.17, 15) is 4.79 Å². The van der Waals surface area contributed by atoms with Crippen LogP contribution in [0.2, 0.25) is 0 Å². The lowest BCUT2D eigenvalue weighted by atomic mass is 10.1. The van der Waals surface area contributed by atoms with E-state index < -0.39 is 5.97 Å². The van der Waals surface area contributed by atoms with Crippen LogP contribution in [-0.2, 0) is 4.79 Å². The van der Waals surface area contributed by atoms with Gasteiger partial charge in [-0.05, 0) is 13.8 Å². The maximum absolute atomic E-state index is 10.8. The van der Waals surface area contributed by atoms with Crippen LogP contribution in [0.3, 0.4) is 0 Å². The zero-order valence-corrected chi connectivity index (χ0v) is 7.48. The fourth-order valence-electron chi connectivity index (χ4n) is 1.05. The van der Waals surface area contributed by atoms with Gasteiger partial charge < -0.3 is 5.11 Å². The molecule has 1 aromatic rings. The van der Waals surface area contributed by atoms with Crippen molar-refractivity contribution in [2.45, 2.75) is 13.8 Å². The molecule has 0 aliphatic heterocycles. The van der Waals surface area contributed by atoms with Crippen LogP contribution < -0.4 is 0 Å². The SMILES string of the molecule is CC(C)=C(C(=O)O)c1cncnc1. The van der Waals surface area contributed by atoms with Crippen LogP contribution >= 0.6 is 0 Å². The van der Waals surface area contributed by atoms with Crippen molar-refractivity contribution in [1.82, 2.24) is 9.97 Å². The maximum atomic E-state index is 10.8. The van der Waals surface area contributed by atoms with Gasteiger partial charge >= 0.3 is 5.97 Å². The number of nitrogens with zero attached hydrogens (tertiary/aromatic N) is 2. The molecule has 0 saturated heterocycles. The number of carbonyl (C=O) groups is 1. The molecule has 0 atom stereocenters. The van der Waals surface area contributed by atoms with Gasteiger partial charge in [0.25, 0.3) is 0 Å². The maximum Gasteiger partial charge on any atom is 0.336 e. The van der Waals surface area contributed by atoms with Crippen molar-refractivity contribution in [3.05, 3.63) is 29.9 Å². The summed E-state index contributed by atoms with van der Waals surface area (Å²) in [6.45, 7) is 3.49. The Hall–Kier alpha value is -1.71. The van der Waals surface area contributed by atoms with Crippen molar-refractivity contribution in [3.8, 4) is 0 Å². The Morgan fingerprint density at radius 1 is 1.31 bits per heavy atom. The predicted molar refractivity (Wildman–Crippen MR) is 47.9 cm³/mol. The summed E-state index contributed by atoms with van der Waals surface area (Å²) in [5, 5.41) is 8.88. The number of hydrogen-bond acceptors (Lipinski definition) is 3. The molecule has 0 aromatic carbocycles. The molecule has 0 saturated carbocycles. The summed E-state index contributed by atoms with van der Waals surface area (Å²) in [5.41, 5.74) is 1.54. The van der Waals surface area contributed by atoms with Crippen molar-refractivity contribution in [2.24, 2.45) is 0 Å². The zero-order chi connectivity index (χ0) is 9.84. The first-order valence-electron chi connectivity index (χ1n) is 3.79. The van der Waals surface area contributed by atoms with E-state index in [1.54, 1.807) is 13.8 Å². The second kappa shape index (κ2) is 3.80. The van der Waals surface area contributed by atoms with Gasteiger partial charge in [0.2, 0.25) is 0 Å². The Balaban J connectivity index is 3.20. The number of aliphatic carboxylic acids is 1. The monoisotopic (exact) mass is 178 g/mol. The molecular weight excluding hydrogens is 168 g/mol. The zero-order valence-electron chi connectivity index (χ0n) is 7.48. The fraction of sp³-hybridized carbons (Fsp3) is 0.222. The van der Waals surface area contributed by atoms with Crippen molar-refractivity contribution < 1.29 is 9.90 Å². The molecule has 1 N–H and O–H groups in total. The minimum atomic E-state index is -0.949. The van der Waals surface area contributed by atoms with Gasteiger partial charge in [0.1, 0.15) is 6.33 Å². The van der Waals surface area contributed by atoms with Gasteiger partial charge in [0, 0.05) is 18.0 Å². The number of aromatic nitrogens is 2. The third kappa shape index (κ3) is 2.11. The number of allylic oxidation sites excluding steroid dienone is 1. The third-order valence-electron chi connectivity index (χ3n) is 1.56. The van der Waals surface area contributed by atoms with Gasteiger partial charge in [-0.25, -0.2) is 14.8 Å². The highest BCUT2D eigenvalue weighted by Crippen LogP contribution is 2.16. The fourth-order valence-corrected chi connectivity index (χ4v) is 1.05. The second-order valence-electron chi connectivity index (χ2n) is 2.81. The van der Waals surface area contributed by atoms with E-state index in [0.717, 1.165) is 5.57 Å². The Morgan fingerprint density at radius 2 is 1.85 bits per heavy atom. The average molecular weight is 178 g/mol. The molecule has 1 rings (SSSR count). The summed E-state index contributed by atoms with van der Waals surface area (Å²) >= 11 is 0. The van der Waals surface area contributed by atoms with Crippen LogP contribution in [0.25, 0.3) is 5.57 Å². The lowest BCUT2D eigenvalue weighted by Crippen LogP contribution is -2.02. The van der Waals surface area contributed by atoms with Crippen molar-refractivity contribution in [2.75, 3.05) is 0 Å². The predicted octanol–water partition coefficient (Wildman–Crippen LogP) is 1.35. The normalized spacial score (nSPS) is 9.38. The van der Waals surface area contributed by atoms with Crippen LogP contribution in [0.1, 0.15) is 19.4 Å². The van der Waals surface area contributed by atoms with E-state index in [0.29, 0.717) is 5.56 Å². The van der Waals surface area contributed by atoms with Crippen LogP contribution in [0.4, 0.5) is 0 Å². The average Bonchev–Trinajstić information content (AvgIpc) is 2.04. The van der Waals surface area contributed by atoms with E-state index in [4.69, 9.17) is 5.11 Å². The van der Waals surface area contributed by atoms with Crippen molar-refractivity contribution in [1.29, 1.82) is 0 Å². The van der Waals surface area contributed by atoms with Crippen molar-refractivity contribution >= 4 is 11.5 Å². The summed E-state index contributed by atoms with van der Waals surface area (Å²) < 4.78 is 0. The van der Waals surface area contributed by atoms with E-state index >= 15 is 0 Å². The minimum absolute atomic E-state index is 0.264. The first-order chi connectivity index (χ1) is 6.13. The first-order valence-corrected chi connectivity index (χ1v) is 3.79. The molecule has 0 fully saturated rings. The number of rotatable bonds is 2. The first kappa shape index (κ1) is 9.38. The molecule has 68 valence electrons. The standard InChI is InChI=1S/C9H10N2O2/c1-6(2)8(9(12)13)7-3-10-5-11-4-7/h3-5H,1-2H3,(H,12,13). The molecule has 0 aliphatic rings. The van der Waals surface area contributed by atoms with Crippen molar-refractivity contribution in [3.63, 3.8) is 0 Å². The summed E-state index contributed by atoms with van der Waals surface area (Å²) in [5.74, 6) is -0.949. The number of hydrogen-bond donors (Lipinski definition) is 1. The topological polar surface area (TPSA) is 63.1 Å². The molecule has 4 nitrogen and oxygen atoms in total. The molecule has 4 heteroatoms. The smallest absolute Gasteiger partial charge is 0.336 e. The van der Waals surface area contributed by atoms with Crippen LogP contribution in [-0.4, -0.2) is 21.0 Å². The highest BCUT2D eigenvalue weighted by molar-refractivity contribution is 6.16. The van der Waals surface area contributed by atoms with E-state index in [2.05, 4.69) is 9.97 Å². The Labute approximate surface area is 76.0 Å². The third-order valence-corrected chi connectivity index (χ3v) is 1.56. The molecule has 0 radical (unpaired) electrons. The van der Waals surface area contributed by atoms with Crippen LogP contribution in [0.15, 0.2) is 24.3 Å². The van der Waals surface area contributed by atoms with Crippen LogP contribution in [0.5, 0.6) is 0 Å². The van der Waals surface area contributed by atoms with E-state index in [-0.39, 0.29) is 5.57 Å². The summed E-state index contributed by atoms with van der Waals surface area (Å²) in [6, 6.07) is 0. The quantitative estimate of drug-likeness (QED) is 0.694. The van der Waals surface area contributed by atoms with Gasteiger partial charge in [-0.3, -0.25) is 0 Å². The highest BCUT2D eigenvalue weighted by Gasteiger charge is 2.11. The summed E-state index contributed by atoms with van der Waals surface area (Å²) in [4.78, 5) is 18.4. The highest BCUT2D eigenvalue weighted by atomic mass is 16.4. The van der Waals surface area contributed by atoms with Crippen LogP contribution in [0, 0.1) is 0 Å². The summed E-state index contributed by atoms with van der Waals surface area (Å²) in [7, 11) is 0. The summed E-state index contributed by atoms with van der Waals surface area (Å²) in [6.07, 6.45) is 4.35. The number of carboxylic acid groups (broad SMARTS) is 1. The molecule has 0 aliphatic carbocycles. The van der Waals surface area contributed by atoms with Gasteiger partial charge in [0.05, 0.1) is 5.57 Å². The number of carboxylic acids is 1. The van der Waals surface area contributed by atoms with Gasteiger partial charge in [-0.15, -0.1) is 0 Å². The molecule has 0 amide bonds. The molecule has 0 bridgehead atoms. The Kier molecular flexibility index (Phi) is 2.74. The van der Waals surface area contributed by atoms with E-state index in [1.165, 1.54) is 18.7 Å². The molecular formula is C9H10N2O2. The molecule has 1 aromatic heterocycles. The second-order valence-corrected chi connectivity index (χ2v) is 2.81. The molecule has 1 heterocycles. The van der Waals surface area contributed by atoms with Gasteiger partial charge in [-0.1, -0.05) is 5.57 Å². The van der Waals surface area contributed by atoms with E-state index in [1.807, 2.05) is 0 Å².